The first-order chi connectivity index (χ1) is 9.35. The molecule has 1 saturated carbocycles. The topological polar surface area (TPSA) is 24.5 Å². The summed E-state index contributed by atoms with van der Waals surface area (Å²) < 4.78 is 5.95. The lowest BCUT2D eigenvalue weighted by Crippen LogP contribution is -2.49. The number of ether oxygens (including phenoxy) is 1. The van der Waals surface area contributed by atoms with Crippen LogP contribution in [0.5, 0.6) is 0 Å². The Morgan fingerprint density at radius 1 is 1.05 bits per heavy atom. The zero-order chi connectivity index (χ0) is 13.1. The quantitative estimate of drug-likeness (QED) is 0.827. The van der Waals surface area contributed by atoms with Crippen LogP contribution in [-0.2, 0) is 4.74 Å². The molecule has 3 heteroatoms. The second-order valence-corrected chi connectivity index (χ2v) is 6.78. The molecule has 1 N–H and O–H groups in total. The summed E-state index contributed by atoms with van der Waals surface area (Å²) in [6.07, 6.45) is 10.6. The molecular weight excluding hydrogens is 236 g/mol. The molecule has 3 rings (SSSR count). The lowest BCUT2D eigenvalue weighted by Gasteiger charge is -2.39. The maximum Gasteiger partial charge on any atom is 0.0707 e. The summed E-state index contributed by atoms with van der Waals surface area (Å²) in [4.78, 5) is 2.70. The van der Waals surface area contributed by atoms with E-state index in [1.165, 1.54) is 71.1 Å². The van der Waals surface area contributed by atoms with Crippen LogP contribution < -0.4 is 5.32 Å². The highest BCUT2D eigenvalue weighted by atomic mass is 16.5. The average Bonchev–Trinajstić information content (AvgIpc) is 2.77. The lowest BCUT2D eigenvalue weighted by atomic mass is 9.84. The third kappa shape index (κ3) is 3.50. The van der Waals surface area contributed by atoms with Gasteiger partial charge >= 0.3 is 0 Å². The van der Waals surface area contributed by atoms with E-state index in [1.807, 2.05) is 0 Å². The van der Waals surface area contributed by atoms with Gasteiger partial charge in [-0.2, -0.15) is 0 Å². The largest absolute Gasteiger partial charge is 0.372 e. The summed E-state index contributed by atoms with van der Waals surface area (Å²) >= 11 is 0. The van der Waals surface area contributed by atoms with Crippen LogP contribution in [0.3, 0.4) is 0 Å². The first-order valence-electron chi connectivity index (χ1n) is 8.46. The third-order valence-corrected chi connectivity index (χ3v) is 5.18. The van der Waals surface area contributed by atoms with Gasteiger partial charge in [-0.15, -0.1) is 0 Å². The fraction of sp³-hybridized carbons (Fsp3) is 1.00. The molecule has 2 bridgehead atoms. The number of rotatable bonds is 5. The second kappa shape index (κ2) is 6.55. The number of hydrogen-bond donors (Lipinski definition) is 1. The fourth-order valence-corrected chi connectivity index (χ4v) is 4.20. The number of morpholine rings is 1. The van der Waals surface area contributed by atoms with Gasteiger partial charge in [-0.25, -0.2) is 0 Å². The zero-order valence-electron chi connectivity index (χ0n) is 12.4. The number of hydrogen-bond acceptors (Lipinski definition) is 3. The molecule has 2 heterocycles. The SMILES string of the molecule is CCCNC1CCCCC1CN1CC2CCC(C1)O2. The Hall–Kier alpha value is -0.120. The van der Waals surface area contributed by atoms with E-state index in [4.69, 9.17) is 4.74 Å². The molecular formula is C16H30N2O. The van der Waals surface area contributed by atoms with Crippen molar-refractivity contribution in [3.63, 3.8) is 0 Å². The van der Waals surface area contributed by atoms with Gasteiger partial charge in [-0.05, 0) is 44.6 Å². The van der Waals surface area contributed by atoms with E-state index in [0.29, 0.717) is 12.2 Å². The van der Waals surface area contributed by atoms with E-state index in [1.54, 1.807) is 0 Å². The predicted octanol–water partition coefficient (Wildman–Crippen LogP) is 2.41. The Morgan fingerprint density at radius 2 is 1.79 bits per heavy atom. The van der Waals surface area contributed by atoms with Crippen molar-refractivity contribution in [2.45, 2.75) is 70.1 Å². The molecule has 0 spiro atoms. The minimum absolute atomic E-state index is 0.546. The smallest absolute Gasteiger partial charge is 0.0707 e. The number of nitrogens with one attached hydrogen (secondary N) is 1. The van der Waals surface area contributed by atoms with Crippen LogP contribution in [0.25, 0.3) is 0 Å². The van der Waals surface area contributed by atoms with E-state index < -0.39 is 0 Å². The van der Waals surface area contributed by atoms with E-state index in [-0.39, 0.29) is 0 Å². The second-order valence-electron chi connectivity index (χ2n) is 6.78. The summed E-state index contributed by atoms with van der Waals surface area (Å²) in [7, 11) is 0. The monoisotopic (exact) mass is 266 g/mol. The van der Waals surface area contributed by atoms with Crippen molar-refractivity contribution in [3.8, 4) is 0 Å². The summed E-state index contributed by atoms with van der Waals surface area (Å²) in [6, 6.07) is 0.772. The predicted molar refractivity (Wildman–Crippen MR) is 78.4 cm³/mol. The van der Waals surface area contributed by atoms with Gasteiger partial charge in [-0.1, -0.05) is 19.8 Å². The molecule has 3 nitrogen and oxygen atoms in total. The van der Waals surface area contributed by atoms with Crippen molar-refractivity contribution in [2.75, 3.05) is 26.2 Å². The van der Waals surface area contributed by atoms with Gasteiger partial charge in [0, 0.05) is 25.7 Å². The fourth-order valence-electron chi connectivity index (χ4n) is 4.20. The van der Waals surface area contributed by atoms with Gasteiger partial charge < -0.3 is 10.1 Å². The van der Waals surface area contributed by atoms with Crippen LogP contribution in [0.4, 0.5) is 0 Å². The highest BCUT2D eigenvalue weighted by Crippen LogP contribution is 2.30. The highest BCUT2D eigenvalue weighted by Gasteiger charge is 2.35. The Morgan fingerprint density at radius 3 is 2.53 bits per heavy atom. The van der Waals surface area contributed by atoms with Crippen molar-refractivity contribution in [1.29, 1.82) is 0 Å². The van der Waals surface area contributed by atoms with Crippen molar-refractivity contribution in [1.82, 2.24) is 10.2 Å². The number of likely N-dealkylation sites (tertiary alicyclic amines) is 1. The Labute approximate surface area is 118 Å². The lowest BCUT2D eigenvalue weighted by molar-refractivity contribution is -0.0453. The van der Waals surface area contributed by atoms with Crippen molar-refractivity contribution < 1.29 is 4.74 Å². The molecule has 0 amide bonds. The molecule has 0 radical (unpaired) electrons. The van der Waals surface area contributed by atoms with Gasteiger partial charge in [0.2, 0.25) is 0 Å². The number of nitrogens with zero attached hydrogens (tertiary/aromatic N) is 1. The minimum atomic E-state index is 0.546. The minimum Gasteiger partial charge on any atom is -0.372 e. The molecule has 4 unspecified atom stereocenters. The van der Waals surface area contributed by atoms with E-state index in [9.17, 15) is 0 Å². The van der Waals surface area contributed by atoms with Gasteiger partial charge in [-0.3, -0.25) is 4.90 Å². The first-order valence-corrected chi connectivity index (χ1v) is 8.46. The number of fused-ring (bicyclic) bond motifs is 2. The van der Waals surface area contributed by atoms with Crippen molar-refractivity contribution in [3.05, 3.63) is 0 Å². The van der Waals surface area contributed by atoms with Crippen molar-refractivity contribution in [2.24, 2.45) is 5.92 Å². The molecule has 110 valence electrons. The summed E-state index contributed by atoms with van der Waals surface area (Å²) in [5.74, 6) is 0.873. The summed E-state index contributed by atoms with van der Waals surface area (Å²) in [5, 5.41) is 3.79. The van der Waals surface area contributed by atoms with Crippen LogP contribution in [0.15, 0.2) is 0 Å². The molecule has 0 aromatic heterocycles. The molecule has 3 aliphatic rings. The van der Waals surface area contributed by atoms with E-state index in [2.05, 4.69) is 17.1 Å². The molecule has 0 aromatic carbocycles. The van der Waals surface area contributed by atoms with Gasteiger partial charge in [0.05, 0.1) is 12.2 Å². The van der Waals surface area contributed by atoms with Gasteiger partial charge in [0.1, 0.15) is 0 Å². The van der Waals surface area contributed by atoms with Crippen LogP contribution >= 0.6 is 0 Å². The van der Waals surface area contributed by atoms with Gasteiger partial charge in [0.25, 0.3) is 0 Å². The Bertz CT molecular complexity index is 272. The highest BCUT2D eigenvalue weighted by molar-refractivity contribution is 4.89. The van der Waals surface area contributed by atoms with E-state index in [0.717, 1.165) is 12.0 Å². The molecule has 3 fully saturated rings. The van der Waals surface area contributed by atoms with Crippen molar-refractivity contribution >= 4 is 0 Å². The molecule has 2 saturated heterocycles. The molecule has 4 atom stereocenters. The third-order valence-electron chi connectivity index (χ3n) is 5.18. The van der Waals surface area contributed by atoms with Crippen LogP contribution in [0.2, 0.25) is 0 Å². The maximum atomic E-state index is 5.95. The molecule has 2 aliphatic heterocycles. The zero-order valence-corrected chi connectivity index (χ0v) is 12.4. The summed E-state index contributed by atoms with van der Waals surface area (Å²) in [6.45, 7) is 7.14. The first kappa shape index (κ1) is 13.8. The normalized spacial score (nSPS) is 39.6. The Balaban J connectivity index is 1.51. The van der Waals surface area contributed by atoms with Crippen LogP contribution in [-0.4, -0.2) is 49.3 Å². The molecule has 0 aromatic rings. The van der Waals surface area contributed by atoms with Crippen LogP contribution in [0, 0.1) is 5.92 Å². The molecule has 1 aliphatic carbocycles. The van der Waals surface area contributed by atoms with E-state index >= 15 is 0 Å². The van der Waals surface area contributed by atoms with Gasteiger partial charge in [0.15, 0.2) is 0 Å². The molecule has 19 heavy (non-hydrogen) atoms. The average molecular weight is 266 g/mol. The summed E-state index contributed by atoms with van der Waals surface area (Å²) in [5.41, 5.74) is 0. The Kier molecular flexibility index (Phi) is 4.78. The standard InChI is InChI=1S/C16H30N2O/c1-2-9-17-16-6-4-3-5-13(16)10-18-11-14-7-8-15(12-18)19-14/h13-17H,2-12H2,1H3. The maximum absolute atomic E-state index is 5.95. The van der Waals surface area contributed by atoms with Crippen LogP contribution in [0.1, 0.15) is 51.9 Å².